The Morgan fingerprint density at radius 2 is 1.71 bits per heavy atom. The van der Waals surface area contributed by atoms with Gasteiger partial charge >= 0.3 is 0 Å². The van der Waals surface area contributed by atoms with Crippen LogP contribution in [0.15, 0.2) is 47.3 Å². The minimum Gasteiger partial charge on any atom is -0.324 e. The van der Waals surface area contributed by atoms with Gasteiger partial charge in [-0.25, -0.2) is 9.07 Å². The zero-order chi connectivity index (χ0) is 20.6. The lowest BCUT2D eigenvalue weighted by molar-refractivity contribution is -0.117. The number of aromatic nitrogens is 2. The van der Waals surface area contributed by atoms with E-state index in [0.717, 1.165) is 0 Å². The van der Waals surface area contributed by atoms with Crippen molar-refractivity contribution >= 4 is 28.3 Å². The number of amides is 1. The van der Waals surface area contributed by atoms with Crippen molar-refractivity contribution in [1.29, 1.82) is 0 Å². The van der Waals surface area contributed by atoms with Crippen LogP contribution in [-0.2, 0) is 16.9 Å². The number of nitrogens with one attached hydrogen (secondary N) is 1. The molecule has 0 bridgehead atoms. The number of carbonyl (C=O) groups excluding carboxylic acids is 2. The summed E-state index contributed by atoms with van der Waals surface area (Å²) in [6.45, 7) is 6.89. The number of fused-ring (bicyclic) bond motifs is 1. The molecular weight excluding hydrogens is 361 g/mol. The number of ketones is 1. The summed E-state index contributed by atoms with van der Waals surface area (Å²) in [5, 5.41) is 2.99. The Hall–Kier alpha value is -3.22. The van der Waals surface area contributed by atoms with Crippen molar-refractivity contribution in [1.82, 2.24) is 9.36 Å². The molecule has 0 atom stereocenters. The van der Waals surface area contributed by atoms with E-state index in [9.17, 15) is 18.8 Å². The molecule has 28 heavy (non-hydrogen) atoms. The minimum absolute atomic E-state index is 0.0573. The lowest BCUT2D eigenvalue weighted by Crippen LogP contribution is -2.38. The molecule has 3 aromatic rings. The highest BCUT2D eigenvalue weighted by Crippen LogP contribution is 2.20. The zero-order valence-electron chi connectivity index (χ0n) is 16.2. The van der Waals surface area contributed by atoms with Crippen LogP contribution in [0, 0.1) is 5.82 Å². The first-order valence-electron chi connectivity index (χ1n) is 8.90. The summed E-state index contributed by atoms with van der Waals surface area (Å²) in [5.74, 6) is -0.897. The van der Waals surface area contributed by atoms with E-state index in [1.807, 2.05) is 20.8 Å². The van der Waals surface area contributed by atoms with E-state index in [1.165, 1.54) is 29.8 Å². The highest BCUT2D eigenvalue weighted by atomic mass is 19.1. The van der Waals surface area contributed by atoms with Crippen molar-refractivity contribution in [2.75, 3.05) is 5.32 Å². The maximum atomic E-state index is 13.6. The van der Waals surface area contributed by atoms with Gasteiger partial charge < -0.3 is 5.32 Å². The number of rotatable bonds is 4. The number of benzene rings is 2. The molecule has 6 nitrogen and oxygen atoms in total. The third kappa shape index (κ3) is 3.74. The second-order valence-electron chi connectivity index (χ2n) is 7.69. The predicted octanol–water partition coefficient (Wildman–Crippen LogP) is 3.54. The van der Waals surface area contributed by atoms with Gasteiger partial charge in [-0.2, -0.15) is 0 Å². The Labute approximate surface area is 161 Å². The van der Waals surface area contributed by atoms with Crippen LogP contribution in [0.1, 0.15) is 38.1 Å². The van der Waals surface area contributed by atoms with Gasteiger partial charge in [-0.1, -0.05) is 0 Å². The Morgan fingerprint density at radius 1 is 1.07 bits per heavy atom. The average Bonchev–Trinajstić information content (AvgIpc) is 2.86. The standard InChI is InChI=1S/C21H22FN3O3/c1-13(26)14-5-8-16(9-6-14)23-19(27)12-24-18-10-7-15(22)11-17(18)20(28)25(24)21(2,3)4/h5-11H,12H2,1-4H3,(H,23,27). The van der Waals surface area contributed by atoms with Crippen molar-refractivity contribution < 1.29 is 14.0 Å². The smallest absolute Gasteiger partial charge is 0.275 e. The van der Waals surface area contributed by atoms with E-state index >= 15 is 0 Å². The number of halogens is 1. The molecular formula is C21H22FN3O3. The number of hydrogen-bond acceptors (Lipinski definition) is 3. The molecule has 146 valence electrons. The summed E-state index contributed by atoms with van der Waals surface area (Å²) in [6.07, 6.45) is 0. The molecule has 7 heteroatoms. The van der Waals surface area contributed by atoms with Crippen LogP contribution in [0.25, 0.3) is 10.9 Å². The maximum Gasteiger partial charge on any atom is 0.275 e. The lowest BCUT2D eigenvalue weighted by Gasteiger charge is -2.24. The van der Waals surface area contributed by atoms with E-state index in [0.29, 0.717) is 16.8 Å². The third-order valence-corrected chi connectivity index (χ3v) is 4.40. The fraction of sp³-hybridized carbons (Fsp3) is 0.286. The van der Waals surface area contributed by atoms with E-state index in [-0.39, 0.29) is 29.2 Å². The van der Waals surface area contributed by atoms with Crippen LogP contribution in [0.5, 0.6) is 0 Å². The second-order valence-corrected chi connectivity index (χ2v) is 7.69. The van der Waals surface area contributed by atoms with Crippen molar-refractivity contribution in [3.8, 4) is 0 Å². The number of Topliss-reactive ketones (excluding diaryl/α,β-unsaturated/α-hetero) is 1. The van der Waals surface area contributed by atoms with Gasteiger partial charge in [0.05, 0.1) is 16.4 Å². The highest BCUT2D eigenvalue weighted by molar-refractivity contribution is 5.95. The highest BCUT2D eigenvalue weighted by Gasteiger charge is 2.24. The normalized spacial score (nSPS) is 11.6. The first-order chi connectivity index (χ1) is 13.1. The van der Waals surface area contributed by atoms with E-state index in [1.54, 1.807) is 28.9 Å². The topological polar surface area (TPSA) is 73.1 Å². The molecule has 0 saturated carbocycles. The minimum atomic E-state index is -0.601. The second kappa shape index (κ2) is 7.07. The van der Waals surface area contributed by atoms with Crippen LogP contribution < -0.4 is 10.9 Å². The first kappa shape index (κ1) is 19.5. The van der Waals surface area contributed by atoms with Crippen molar-refractivity contribution in [3.63, 3.8) is 0 Å². The zero-order valence-corrected chi connectivity index (χ0v) is 16.2. The molecule has 0 aliphatic heterocycles. The maximum absolute atomic E-state index is 13.6. The molecule has 0 aliphatic carbocycles. The van der Waals surface area contributed by atoms with Gasteiger partial charge in [-0.3, -0.25) is 19.1 Å². The summed E-state index contributed by atoms with van der Waals surface area (Å²) in [7, 11) is 0. The van der Waals surface area contributed by atoms with E-state index in [4.69, 9.17) is 0 Å². The van der Waals surface area contributed by atoms with Crippen LogP contribution in [0.3, 0.4) is 0 Å². The largest absolute Gasteiger partial charge is 0.324 e. The lowest BCUT2D eigenvalue weighted by atomic mass is 10.1. The number of carbonyl (C=O) groups is 2. The van der Waals surface area contributed by atoms with Crippen molar-refractivity contribution in [3.05, 3.63) is 64.2 Å². The predicted molar refractivity (Wildman–Crippen MR) is 106 cm³/mol. The molecule has 3 rings (SSSR count). The van der Waals surface area contributed by atoms with Crippen LogP contribution in [0.2, 0.25) is 0 Å². The monoisotopic (exact) mass is 383 g/mol. The summed E-state index contributed by atoms with van der Waals surface area (Å²) < 4.78 is 16.7. The first-order valence-corrected chi connectivity index (χ1v) is 8.90. The molecule has 0 radical (unpaired) electrons. The number of hydrogen-bond donors (Lipinski definition) is 1. The molecule has 0 aliphatic rings. The van der Waals surface area contributed by atoms with Gasteiger partial charge in [-0.15, -0.1) is 0 Å². The van der Waals surface area contributed by atoms with Crippen LogP contribution in [0.4, 0.5) is 10.1 Å². The number of nitrogens with zero attached hydrogens (tertiary/aromatic N) is 2. The van der Waals surface area contributed by atoms with Crippen molar-refractivity contribution in [2.45, 2.75) is 39.8 Å². The van der Waals surface area contributed by atoms with E-state index in [2.05, 4.69) is 5.32 Å². The fourth-order valence-corrected chi connectivity index (χ4v) is 3.18. The quantitative estimate of drug-likeness (QED) is 0.701. The van der Waals surface area contributed by atoms with Gasteiger partial charge in [0.1, 0.15) is 12.4 Å². The summed E-state index contributed by atoms with van der Waals surface area (Å²) in [6, 6.07) is 10.5. The molecule has 2 aromatic carbocycles. The molecule has 0 unspecified atom stereocenters. The van der Waals surface area contributed by atoms with Crippen LogP contribution >= 0.6 is 0 Å². The Kier molecular flexibility index (Phi) is 4.93. The summed E-state index contributed by atoms with van der Waals surface area (Å²) >= 11 is 0. The van der Waals surface area contributed by atoms with Crippen molar-refractivity contribution in [2.24, 2.45) is 0 Å². The number of anilines is 1. The summed E-state index contributed by atoms with van der Waals surface area (Å²) in [5.41, 5.74) is 0.639. The van der Waals surface area contributed by atoms with Crippen LogP contribution in [-0.4, -0.2) is 21.1 Å². The van der Waals surface area contributed by atoms with Gasteiger partial charge in [0.15, 0.2) is 5.78 Å². The Bertz CT molecular complexity index is 1120. The molecule has 1 heterocycles. The Morgan fingerprint density at radius 3 is 2.29 bits per heavy atom. The molecule has 0 saturated heterocycles. The molecule has 0 fully saturated rings. The molecule has 1 amide bonds. The van der Waals surface area contributed by atoms with Gasteiger partial charge in [0.25, 0.3) is 5.56 Å². The average molecular weight is 383 g/mol. The summed E-state index contributed by atoms with van der Waals surface area (Å²) in [4.78, 5) is 36.8. The van der Waals surface area contributed by atoms with Gasteiger partial charge in [-0.05, 0) is 70.2 Å². The molecule has 1 aromatic heterocycles. The third-order valence-electron chi connectivity index (χ3n) is 4.40. The fourth-order valence-electron chi connectivity index (χ4n) is 3.18. The molecule has 1 N–H and O–H groups in total. The van der Waals surface area contributed by atoms with Gasteiger partial charge in [0, 0.05) is 11.3 Å². The Balaban J connectivity index is 1.96. The SMILES string of the molecule is CC(=O)c1ccc(NC(=O)Cn2c3ccc(F)cc3c(=O)n2C(C)(C)C)cc1. The molecule has 0 spiro atoms. The van der Waals surface area contributed by atoms with Gasteiger partial charge in [0.2, 0.25) is 5.91 Å². The van der Waals surface area contributed by atoms with E-state index < -0.39 is 11.4 Å².